The van der Waals surface area contributed by atoms with Crippen LogP contribution in [0.5, 0.6) is 11.5 Å². The van der Waals surface area contributed by atoms with Crippen LogP contribution >= 0.6 is 11.6 Å². The molecule has 0 bridgehead atoms. The van der Waals surface area contributed by atoms with Gasteiger partial charge in [0.15, 0.2) is 13.2 Å². The monoisotopic (exact) mass is 387 g/mol. The smallest absolute Gasteiger partial charge is 0.422 e. The van der Waals surface area contributed by atoms with E-state index in [4.69, 9.17) is 16.3 Å². The first-order valence-electron chi connectivity index (χ1n) is 7.63. The van der Waals surface area contributed by atoms with Crippen LogP contribution < -0.4 is 14.8 Å². The van der Waals surface area contributed by atoms with Crippen molar-refractivity contribution in [3.05, 3.63) is 52.5 Å². The maximum Gasteiger partial charge on any atom is 0.422 e. The van der Waals surface area contributed by atoms with Gasteiger partial charge in [-0.15, -0.1) is 0 Å². The molecule has 0 atom stereocenters. The van der Waals surface area contributed by atoms with Crippen LogP contribution in [-0.4, -0.2) is 25.3 Å². The predicted molar refractivity (Wildman–Crippen MR) is 93.0 cm³/mol. The van der Waals surface area contributed by atoms with Gasteiger partial charge in [-0.3, -0.25) is 4.79 Å². The fraction of sp³-hybridized carbons (Fsp3) is 0.278. The number of hydrogen-bond donors (Lipinski definition) is 1. The summed E-state index contributed by atoms with van der Waals surface area (Å²) in [5.41, 5.74) is 2.27. The SMILES string of the molecule is Cc1cc(C)c(NC(=O)COc2cccc(OCC(F)(F)F)c2)c(Cl)c1. The van der Waals surface area contributed by atoms with Crippen LogP contribution in [0.3, 0.4) is 0 Å². The van der Waals surface area contributed by atoms with Gasteiger partial charge in [-0.2, -0.15) is 13.2 Å². The van der Waals surface area contributed by atoms with Crippen LogP contribution in [0, 0.1) is 13.8 Å². The molecule has 0 aliphatic carbocycles. The van der Waals surface area contributed by atoms with Crippen molar-refractivity contribution in [1.82, 2.24) is 0 Å². The van der Waals surface area contributed by atoms with Crippen molar-refractivity contribution >= 4 is 23.2 Å². The van der Waals surface area contributed by atoms with Crippen molar-refractivity contribution in [2.24, 2.45) is 0 Å². The number of rotatable bonds is 6. The zero-order chi connectivity index (χ0) is 19.3. The summed E-state index contributed by atoms with van der Waals surface area (Å²) in [6.07, 6.45) is -4.43. The van der Waals surface area contributed by atoms with E-state index in [2.05, 4.69) is 10.1 Å². The summed E-state index contributed by atoms with van der Waals surface area (Å²) in [5, 5.41) is 3.07. The lowest BCUT2D eigenvalue weighted by molar-refractivity contribution is -0.153. The third-order valence-corrected chi connectivity index (χ3v) is 3.57. The van der Waals surface area contributed by atoms with Gasteiger partial charge >= 0.3 is 6.18 Å². The van der Waals surface area contributed by atoms with Gasteiger partial charge in [-0.1, -0.05) is 23.7 Å². The maximum atomic E-state index is 12.2. The Morgan fingerprint density at radius 1 is 1.12 bits per heavy atom. The molecule has 1 N–H and O–H groups in total. The highest BCUT2D eigenvalue weighted by atomic mass is 35.5. The molecule has 0 aliphatic rings. The molecule has 2 rings (SSSR count). The molecular weight excluding hydrogens is 371 g/mol. The number of alkyl halides is 3. The third-order valence-electron chi connectivity index (χ3n) is 3.27. The number of benzene rings is 2. The molecule has 140 valence electrons. The first-order valence-corrected chi connectivity index (χ1v) is 8.01. The number of anilines is 1. The normalized spacial score (nSPS) is 11.2. The first kappa shape index (κ1) is 19.9. The van der Waals surface area contributed by atoms with E-state index in [1.54, 1.807) is 6.07 Å². The van der Waals surface area contributed by atoms with Crippen LogP contribution in [0.15, 0.2) is 36.4 Å². The second-order valence-electron chi connectivity index (χ2n) is 5.65. The van der Waals surface area contributed by atoms with E-state index in [1.165, 1.54) is 24.3 Å². The molecule has 8 heteroatoms. The van der Waals surface area contributed by atoms with Crippen LogP contribution in [0.1, 0.15) is 11.1 Å². The Labute approximate surface area is 153 Å². The Bertz CT molecular complexity index is 770. The van der Waals surface area contributed by atoms with Gasteiger partial charge in [0, 0.05) is 6.07 Å². The number of ether oxygens (including phenoxy) is 2. The van der Waals surface area contributed by atoms with Gasteiger partial charge < -0.3 is 14.8 Å². The molecule has 26 heavy (non-hydrogen) atoms. The van der Waals surface area contributed by atoms with E-state index >= 15 is 0 Å². The topological polar surface area (TPSA) is 47.6 Å². The molecule has 0 spiro atoms. The quantitative estimate of drug-likeness (QED) is 0.765. The summed E-state index contributed by atoms with van der Waals surface area (Å²) in [7, 11) is 0. The predicted octanol–water partition coefficient (Wildman–Crippen LogP) is 4.92. The van der Waals surface area contributed by atoms with Gasteiger partial charge in [0.25, 0.3) is 5.91 Å². The molecule has 2 aromatic carbocycles. The minimum Gasteiger partial charge on any atom is -0.484 e. The highest BCUT2D eigenvalue weighted by Crippen LogP contribution is 2.27. The van der Waals surface area contributed by atoms with E-state index in [1.807, 2.05) is 19.9 Å². The van der Waals surface area contributed by atoms with Crippen molar-refractivity contribution in [3.8, 4) is 11.5 Å². The number of halogens is 4. The molecule has 0 fully saturated rings. The second-order valence-corrected chi connectivity index (χ2v) is 6.06. The van der Waals surface area contributed by atoms with Gasteiger partial charge in [-0.05, 0) is 43.2 Å². The fourth-order valence-corrected chi connectivity index (χ4v) is 2.59. The van der Waals surface area contributed by atoms with Crippen molar-refractivity contribution in [3.63, 3.8) is 0 Å². The van der Waals surface area contributed by atoms with Gasteiger partial charge in [-0.25, -0.2) is 0 Å². The maximum absolute atomic E-state index is 12.2. The molecule has 0 aromatic heterocycles. The lowest BCUT2D eigenvalue weighted by Gasteiger charge is -2.13. The van der Waals surface area contributed by atoms with E-state index in [0.717, 1.165) is 11.1 Å². The Hall–Kier alpha value is -2.41. The molecule has 0 saturated carbocycles. The van der Waals surface area contributed by atoms with Gasteiger partial charge in [0.05, 0.1) is 10.7 Å². The summed E-state index contributed by atoms with van der Waals surface area (Å²) in [6, 6.07) is 9.24. The molecule has 0 heterocycles. The van der Waals surface area contributed by atoms with Crippen molar-refractivity contribution in [1.29, 1.82) is 0 Å². The molecule has 0 saturated heterocycles. The van der Waals surface area contributed by atoms with Crippen molar-refractivity contribution in [2.75, 3.05) is 18.5 Å². The Kier molecular flexibility index (Phi) is 6.37. The van der Waals surface area contributed by atoms with E-state index in [-0.39, 0.29) is 18.1 Å². The average Bonchev–Trinajstić information content (AvgIpc) is 2.54. The van der Waals surface area contributed by atoms with Crippen molar-refractivity contribution in [2.45, 2.75) is 20.0 Å². The fourth-order valence-electron chi connectivity index (χ4n) is 2.22. The standard InChI is InChI=1S/C18H17ClF3NO3/c1-11-6-12(2)17(15(19)7-11)23-16(24)9-25-13-4-3-5-14(8-13)26-10-18(20,21)22/h3-8H,9-10H2,1-2H3,(H,23,24). The van der Waals surface area contributed by atoms with Crippen molar-refractivity contribution < 1.29 is 27.4 Å². The zero-order valence-electron chi connectivity index (χ0n) is 14.1. The number of aryl methyl sites for hydroxylation is 2. The van der Waals surface area contributed by atoms with Crippen LogP contribution in [0.25, 0.3) is 0 Å². The molecule has 0 unspecified atom stereocenters. The van der Waals surface area contributed by atoms with Crippen LogP contribution in [0.2, 0.25) is 5.02 Å². The highest BCUT2D eigenvalue weighted by Gasteiger charge is 2.28. The molecule has 2 aromatic rings. The number of amides is 1. The van der Waals surface area contributed by atoms with E-state index in [9.17, 15) is 18.0 Å². The van der Waals surface area contributed by atoms with E-state index in [0.29, 0.717) is 10.7 Å². The van der Waals surface area contributed by atoms with Crippen LogP contribution in [0.4, 0.5) is 18.9 Å². The minimum atomic E-state index is -4.43. The molecule has 4 nitrogen and oxygen atoms in total. The minimum absolute atomic E-state index is 0.00217. The Morgan fingerprint density at radius 2 is 1.77 bits per heavy atom. The summed E-state index contributed by atoms with van der Waals surface area (Å²) in [4.78, 5) is 12.0. The number of hydrogen-bond acceptors (Lipinski definition) is 3. The Balaban J connectivity index is 1.93. The third kappa shape index (κ3) is 6.15. The summed E-state index contributed by atoms with van der Waals surface area (Å²) in [5.74, 6) is -0.232. The summed E-state index contributed by atoms with van der Waals surface area (Å²) in [6.45, 7) is 1.98. The zero-order valence-corrected chi connectivity index (χ0v) is 14.9. The lowest BCUT2D eigenvalue weighted by Crippen LogP contribution is -2.21. The summed E-state index contributed by atoms with van der Waals surface area (Å²) < 4.78 is 46.5. The van der Waals surface area contributed by atoms with E-state index < -0.39 is 18.7 Å². The van der Waals surface area contributed by atoms with Crippen LogP contribution in [-0.2, 0) is 4.79 Å². The molecule has 1 amide bonds. The summed E-state index contributed by atoms with van der Waals surface area (Å²) >= 11 is 6.12. The molecule has 0 aliphatic heterocycles. The largest absolute Gasteiger partial charge is 0.484 e. The Morgan fingerprint density at radius 3 is 2.38 bits per heavy atom. The number of carbonyl (C=O) groups is 1. The average molecular weight is 388 g/mol. The number of carbonyl (C=O) groups excluding carboxylic acids is 1. The first-order chi connectivity index (χ1) is 12.1. The highest BCUT2D eigenvalue weighted by molar-refractivity contribution is 6.34. The van der Waals surface area contributed by atoms with Gasteiger partial charge in [0.1, 0.15) is 11.5 Å². The lowest BCUT2D eigenvalue weighted by atomic mass is 10.1. The van der Waals surface area contributed by atoms with Gasteiger partial charge in [0.2, 0.25) is 0 Å². The second kappa shape index (κ2) is 8.31. The molecular formula is C18H17ClF3NO3. The number of nitrogens with one attached hydrogen (secondary N) is 1. The molecule has 0 radical (unpaired) electrons.